The number of anilines is 1. The van der Waals surface area contributed by atoms with Gasteiger partial charge in [-0.05, 0) is 36.8 Å². The fraction of sp³-hybridized carbons (Fsp3) is 0.250. The molecule has 21 heavy (non-hydrogen) atoms. The fourth-order valence-electron chi connectivity index (χ4n) is 1.93. The van der Waals surface area contributed by atoms with E-state index in [4.69, 9.17) is 16.3 Å². The summed E-state index contributed by atoms with van der Waals surface area (Å²) in [5.41, 5.74) is 1.63. The summed E-state index contributed by atoms with van der Waals surface area (Å²) < 4.78 is 30.6. The number of benzene rings is 2. The molecule has 0 aliphatic carbocycles. The molecule has 0 atom stereocenters. The lowest BCUT2D eigenvalue weighted by molar-refractivity contribution is 0.151. The van der Waals surface area contributed by atoms with Crippen LogP contribution in [0.1, 0.15) is 24.5 Å². The minimum atomic E-state index is -2.45. The lowest BCUT2D eigenvalue weighted by Crippen LogP contribution is -2.00. The van der Waals surface area contributed by atoms with Crippen LogP contribution in [0.2, 0.25) is 5.02 Å². The van der Waals surface area contributed by atoms with Crippen molar-refractivity contribution in [2.45, 2.75) is 19.9 Å². The molecule has 2 aromatic rings. The van der Waals surface area contributed by atoms with Gasteiger partial charge in [0.05, 0.1) is 11.6 Å². The topological polar surface area (TPSA) is 21.3 Å². The molecular weight excluding hydrogens is 296 g/mol. The molecule has 0 saturated carbocycles. The van der Waals surface area contributed by atoms with Crippen molar-refractivity contribution in [1.82, 2.24) is 0 Å². The first-order valence-corrected chi connectivity index (χ1v) is 7.01. The van der Waals surface area contributed by atoms with Gasteiger partial charge in [0, 0.05) is 17.8 Å². The normalized spacial score (nSPS) is 10.7. The van der Waals surface area contributed by atoms with Gasteiger partial charge in [0.2, 0.25) is 0 Å². The maximum absolute atomic E-state index is 12.6. The monoisotopic (exact) mass is 311 g/mol. The molecule has 2 rings (SSSR count). The Morgan fingerprint density at radius 3 is 2.67 bits per heavy atom. The first kappa shape index (κ1) is 15.6. The van der Waals surface area contributed by atoms with Crippen molar-refractivity contribution in [3.8, 4) is 5.75 Å². The highest BCUT2D eigenvalue weighted by Gasteiger charge is 2.07. The summed E-state index contributed by atoms with van der Waals surface area (Å²) in [6, 6.07) is 11.7. The van der Waals surface area contributed by atoms with Crippen LogP contribution in [-0.4, -0.2) is 6.61 Å². The fourth-order valence-corrected chi connectivity index (χ4v) is 2.16. The second-order valence-electron chi connectivity index (χ2n) is 4.48. The van der Waals surface area contributed by atoms with Crippen LogP contribution >= 0.6 is 11.6 Å². The third kappa shape index (κ3) is 4.33. The van der Waals surface area contributed by atoms with E-state index >= 15 is 0 Å². The Morgan fingerprint density at radius 2 is 2.00 bits per heavy atom. The highest BCUT2D eigenvalue weighted by atomic mass is 35.5. The van der Waals surface area contributed by atoms with Crippen molar-refractivity contribution >= 4 is 17.3 Å². The highest BCUT2D eigenvalue weighted by molar-refractivity contribution is 6.32. The largest absolute Gasteiger partial charge is 0.492 e. The Morgan fingerprint density at radius 1 is 1.19 bits per heavy atom. The first-order chi connectivity index (χ1) is 10.1. The molecule has 0 bridgehead atoms. The number of rotatable bonds is 6. The molecule has 0 saturated heterocycles. The zero-order valence-corrected chi connectivity index (χ0v) is 12.3. The van der Waals surface area contributed by atoms with Crippen molar-refractivity contribution in [2.24, 2.45) is 0 Å². The van der Waals surface area contributed by atoms with Crippen molar-refractivity contribution in [3.05, 3.63) is 58.6 Å². The lowest BCUT2D eigenvalue weighted by Gasteiger charge is -2.10. The number of hydrogen-bond acceptors (Lipinski definition) is 2. The van der Waals surface area contributed by atoms with E-state index < -0.39 is 6.43 Å². The zero-order chi connectivity index (χ0) is 15.2. The van der Waals surface area contributed by atoms with Gasteiger partial charge in [0.25, 0.3) is 6.43 Å². The number of ether oxygens (including phenoxy) is 1. The minimum Gasteiger partial charge on any atom is -0.492 e. The molecule has 0 unspecified atom stereocenters. The molecule has 0 aliphatic rings. The lowest BCUT2D eigenvalue weighted by atomic mass is 10.1. The van der Waals surface area contributed by atoms with E-state index in [2.05, 4.69) is 5.32 Å². The Labute approximate surface area is 127 Å². The number of halogens is 3. The van der Waals surface area contributed by atoms with Crippen molar-refractivity contribution in [3.63, 3.8) is 0 Å². The molecule has 0 heterocycles. The van der Waals surface area contributed by atoms with E-state index in [-0.39, 0.29) is 5.56 Å². The van der Waals surface area contributed by atoms with Gasteiger partial charge in [-0.3, -0.25) is 0 Å². The van der Waals surface area contributed by atoms with Crippen molar-refractivity contribution < 1.29 is 13.5 Å². The van der Waals surface area contributed by atoms with E-state index in [1.807, 2.05) is 13.0 Å². The predicted octanol–water partition coefficient (Wildman–Crippen LogP) is 5.29. The second-order valence-corrected chi connectivity index (χ2v) is 4.88. The van der Waals surface area contributed by atoms with Gasteiger partial charge in [-0.1, -0.05) is 29.8 Å². The van der Waals surface area contributed by atoms with Gasteiger partial charge in [-0.2, -0.15) is 0 Å². The summed E-state index contributed by atoms with van der Waals surface area (Å²) in [5, 5.41) is 3.67. The average Bonchev–Trinajstić information content (AvgIpc) is 2.48. The van der Waals surface area contributed by atoms with Crippen LogP contribution in [0.15, 0.2) is 42.5 Å². The maximum atomic E-state index is 12.6. The Balaban J connectivity index is 2.03. The van der Waals surface area contributed by atoms with E-state index in [0.717, 1.165) is 11.3 Å². The molecular formula is C16H16ClF2NO. The van der Waals surface area contributed by atoms with Gasteiger partial charge in [-0.15, -0.1) is 0 Å². The van der Waals surface area contributed by atoms with Crippen LogP contribution in [0.3, 0.4) is 0 Å². The SMILES string of the molecule is CCOc1ccc(NCc2cccc(C(F)F)c2)cc1Cl. The van der Waals surface area contributed by atoms with Crippen molar-refractivity contribution in [2.75, 3.05) is 11.9 Å². The molecule has 0 fully saturated rings. The predicted molar refractivity (Wildman–Crippen MR) is 81.3 cm³/mol. The molecule has 0 spiro atoms. The minimum absolute atomic E-state index is 0.0269. The summed E-state index contributed by atoms with van der Waals surface area (Å²) in [6.45, 7) is 2.89. The third-order valence-corrected chi connectivity index (χ3v) is 3.23. The molecule has 112 valence electrons. The molecule has 0 amide bonds. The average molecular weight is 312 g/mol. The van der Waals surface area contributed by atoms with Crippen LogP contribution in [0.5, 0.6) is 5.75 Å². The molecule has 0 radical (unpaired) electrons. The van der Waals surface area contributed by atoms with E-state index in [0.29, 0.717) is 23.9 Å². The molecule has 5 heteroatoms. The van der Waals surface area contributed by atoms with Crippen LogP contribution in [0.4, 0.5) is 14.5 Å². The summed E-state index contributed by atoms with van der Waals surface area (Å²) in [4.78, 5) is 0. The first-order valence-electron chi connectivity index (χ1n) is 6.63. The molecule has 2 aromatic carbocycles. The number of hydrogen-bond donors (Lipinski definition) is 1. The van der Waals surface area contributed by atoms with Gasteiger partial charge in [0.1, 0.15) is 5.75 Å². The quantitative estimate of drug-likeness (QED) is 0.782. The number of nitrogens with one attached hydrogen (secondary N) is 1. The Bertz CT molecular complexity index is 605. The van der Waals surface area contributed by atoms with Gasteiger partial charge >= 0.3 is 0 Å². The third-order valence-electron chi connectivity index (χ3n) is 2.93. The van der Waals surface area contributed by atoms with Gasteiger partial charge in [-0.25, -0.2) is 8.78 Å². The van der Waals surface area contributed by atoms with Crippen LogP contribution < -0.4 is 10.1 Å². The van der Waals surface area contributed by atoms with Crippen LogP contribution in [-0.2, 0) is 6.54 Å². The summed E-state index contributed by atoms with van der Waals surface area (Å²) in [6.07, 6.45) is -2.45. The van der Waals surface area contributed by atoms with Gasteiger partial charge < -0.3 is 10.1 Å². The molecule has 0 aromatic heterocycles. The summed E-state index contributed by atoms with van der Waals surface area (Å²) >= 11 is 6.09. The second kappa shape index (κ2) is 7.27. The standard InChI is InChI=1S/C16H16ClF2NO/c1-2-21-15-7-6-13(9-14(15)17)20-10-11-4-3-5-12(8-11)16(18)19/h3-9,16,20H,2,10H2,1H3. The Hall–Kier alpha value is -1.81. The highest BCUT2D eigenvalue weighted by Crippen LogP contribution is 2.28. The van der Waals surface area contributed by atoms with Gasteiger partial charge in [0.15, 0.2) is 0 Å². The smallest absolute Gasteiger partial charge is 0.263 e. The zero-order valence-electron chi connectivity index (χ0n) is 11.6. The molecule has 2 nitrogen and oxygen atoms in total. The van der Waals surface area contributed by atoms with Crippen LogP contribution in [0, 0.1) is 0 Å². The van der Waals surface area contributed by atoms with Crippen LogP contribution in [0.25, 0.3) is 0 Å². The maximum Gasteiger partial charge on any atom is 0.263 e. The summed E-state index contributed by atoms with van der Waals surface area (Å²) in [7, 11) is 0. The van der Waals surface area contributed by atoms with Crippen molar-refractivity contribution in [1.29, 1.82) is 0 Å². The van der Waals surface area contributed by atoms with E-state index in [9.17, 15) is 8.78 Å². The van der Waals surface area contributed by atoms with E-state index in [1.165, 1.54) is 12.1 Å². The summed E-state index contributed by atoms with van der Waals surface area (Å²) in [5.74, 6) is 0.629. The molecule has 0 aliphatic heterocycles. The Kier molecular flexibility index (Phi) is 5.39. The molecule has 1 N–H and O–H groups in total. The number of alkyl halides is 2. The van der Waals surface area contributed by atoms with E-state index in [1.54, 1.807) is 24.3 Å².